The van der Waals surface area contributed by atoms with Gasteiger partial charge in [0.25, 0.3) is 0 Å². The Labute approximate surface area is 102 Å². The zero-order valence-electron chi connectivity index (χ0n) is 9.80. The van der Waals surface area contributed by atoms with E-state index in [1.54, 1.807) is 6.07 Å². The maximum Gasteiger partial charge on any atom is 0.411 e. The minimum atomic E-state index is -4.37. The van der Waals surface area contributed by atoms with Gasteiger partial charge >= 0.3 is 6.18 Å². The van der Waals surface area contributed by atoms with Crippen molar-refractivity contribution in [3.05, 3.63) is 11.8 Å². The first kappa shape index (κ1) is 14.5. The highest BCUT2D eigenvalue weighted by Gasteiger charge is 2.27. The average molecular weight is 265 g/mol. The molecule has 0 radical (unpaired) electrons. The molecule has 0 atom stereocenters. The van der Waals surface area contributed by atoms with Crippen molar-refractivity contribution in [2.24, 2.45) is 0 Å². The van der Waals surface area contributed by atoms with Gasteiger partial charge in [-0.3, -0.25) is 9.89 Å². The predicted molar refractivity (Wildman–Crippen MR) is 58.1 cm³/mol. The Morgan fingerprint density at radius 3 is 2.83 bits per heavy atom. The van der Waals surface area contributed by atoms with E-state index in [1.165, 1.54) is 0 Å². The molecule has 0 aliphatic heterocycles. The number of hydrogen-bond acceptors (Lipinski definition) is 3. The molecule has 0 saturated heterocycles. The topological polar surface area (TPSA) is 67.0 Å². The van der Waals surface area contributed by atoms with E-state index in [2.05, 4.69) is 20.3 Å². The molecule has 0 saturated carbocycles. The maximum absolute atomic E-state index is 11.7. The summed E-state index contributed by atoms with van der Waals surface area (Å²) in [7, 11) is 0. The third-order valence-corrected chi connectivity index (χ3v) is 2.02. The van der Waals surface area contributed by atoms with Crippen LogP contribution >= 0.6 is 0 Å². The number of carbonyl (C=O) groups is 1. The number of nitrogens with zero attached hydrogens (tertiary/aromatic N) is 1. The van der Waals surface area contributed by atoms with E-state index in [0.29, 0.717) is 5.82 Å². The Hall–Kier alpha value is -1.57. The second kappa shape index (κ2) is 6.39. The quantitative estimate of drug-likeness (QED) is 0.772. The first-order chi connectivity index (χ1) is 8.40. The molecule has 1 amide bonds. The minimum absolute atomic E-state index is 0.148. The molecule has 18 heavy (non-hydrogen) atoms. The van der Waals surface area contributed by atoms with Gasteiger partial charge < -0.3 is 10.1 Å². The maximum atomic E-state index is 11.7. The number of aryl methyl sites for hydroxylation is 1. The number of hydrogen-bond donors (Lipinski definition) is 2. The fraction of sp³-hybridized carbons (Fsp3) is 0.600. The van der Waals surface area contributed by atoms with Gasteiger partial charge in [0.2, 0.25) is 5.91 Å². The van der Waals surface area contributed by atoms with E-state index in [9.17, 15) is 18.0 Å². The lowest BCUT2D eigenvalue weighted by Gasteiger charge is -2.07. The van der Waals surface area contributed by atoms with E-state index in [-0.39, 0.29) is 13.0 Å². The molecule has 102 valence electrons. The van der Waals surface area contributed by atoms with Crippen LogP contribution in [0.5, 0.6) is 0 Å². The summed E-state index contributed by atoms with van der Waals surface area (Å²) in [6.07, 6.45) is -3.77. The highest BCUT2D eigenvalue weighted by molar-refractivity contribution is 5.89. The zero-order valence-corrected chi connectivity index (χ0v) is 9.80. The number of aromatic nitrogens is 2. The van der Waals surface area contributed by atoms with Crippen LogP contribution in [0.1, 0.15) is 19.0 Å². The summed E-state index contributed by atoms with van der Waals surface area (Å²) >= 11 is 0. The van der Waals surface area contributed by atoms with Gasteiger partial charge in [0.05, 0.1) is 13.0 Å². The lowest BCUT2D eigenvalue weighted by atomic mass is 10.3. The molecule has 1 aromatic rings. The first-order valence-corrected chi connectivity index (χ1v) is 5.39. The molecule has 0 aliphatic carbocycles. The number of ether oxygens (including phenoxy) is 1. The van der Waals surface area contributed by atoms with E-state index in [1.807, 2.05) is 6.92 Å². The van der Waals surface area contributed by atoms with Crippen LogP contribution in [0.2, 0.25) is 0 Å². The fourth-order valence-electron chi connectivity index (χ4n) is 1.16. The lowest BCUT2D eigenvalue weighted by Crippen LogP contribution is -2.20. The molecule has 0 bridgehead atoms. The standard InChI is InChI=1S/C10H14F3N3O2/c1-2-7-5-8(16-15-7)14-9(17)3-4-18-6-10(11,12)13/h5H,2-4,6H2,1H3,(H2,14,15,16,17). The number of nitrogens with one attached hydrogen (secondary N) is 2. The van der Waals surface area contributed by atoms with Gasteiger partial charge in [0.1, 0.15) is 6.61 Å². The van der Waals surface area contributed by atoms with E-state index >= 15 is 0 Å². The number of carbonyl (C=O) groups excluding carboxylic acids is 1. The highest BCUT2D eigenvalue weighted by Crippen LogP contribution is 2.14. The molecule has 0 aromatic carbocycles. The Bertz CT molecular complexity index is 390. The first-order valence-electron chi connectivity index (χ1n) is 5.39. The second-order valence-corrected chi connectivity index (χ2v) is 3.60. The molecular weight excluding hydrogens is 251 g/mol. The Morgan fingerprint density at radius 2 is 2.28 bits per heavy atom. The second-order valence-electron chi connectivity index (χ2n) is 3.60. The van der Waals surface area contributed by atoms with Crippen molar-refractivity contribution >= 4 is 11.7 Å². The monoisotopic (exact) mass is 265 g/mol. The normalized spacial score (nSPS) is 11.6. The Balaban J connectivity index is 2.21. The molecule has 2 N–H and O–H groups in total. The molecular formula is C10H14F3N3O2. The van der Waals surface area contributed by atoms with Crippen LogP contribution in [0.25, 0.3) is 0 Å². The Kier molecular flexibility index (Phi) is 5.14. The zero-order chi connectivity index (χ0) is 13.6. The number of halogens is 3. The van der Waals surface area contributed by atoms with Gasteiger partial charge in [-0.1, -0.05) is 6.92 Å². The number of amides is 1. The van der Waals surface area contributed by atoms with Crippen LogP contribution in [0.3, 0.4) is 0 Å². The summed E-state index contributed by atoms with van der Waals surface area (Å²) in [5.74, 6) is -0.0843. The van der Waals surface area contributed by atoms with E-state index in [4.69, 9.17) is 0 Å². The van der Waals surface area contributed by atoms with Gasteiger partial charge in [0.15, 0.2) is 5.82 Å². The van der Waals surface area contributed by atoms with Crippen LogP contribution in [0, 0.1) is 0 Å². The van der Waals surface area contributed by atoms with Crippen molar-refractivity contribution in [3.63, 3.8) is 0 Å². The van der Waals surface area contributed by atoms with Crippen molar-refractivity contribution < 1.29 is 22.7 Å². The average Bonchev–Trinajstić information content (AvgIpc) is 2.71. The van der Waals surface area contributed by atoms with Crippen LogP contribution in [0.4, 0.5) is 19.0 Å². The summed E-state index contributed by atoms with van der Waals surface area (Å²) in [4.78, 5) is 11.3. The number of aromatic amines is 1. The summed E-state index contributed by atoms with van der Waals surface area (Å²) in [5, 5.41) is 8.97. The number of alkyl halides is 3. The fourth-order valence-corrected chi connectivity index (χ4v) is 1.16. The number of rotatable bonds is 6. The predicted octanol–water partition coefficient (Wildman–Crippen LogP) is 1.88. The molecule has 0 spiro atoms. The molecule has 0 aliphatic rings. The van der Waals surface area contributed by atoms with E-state index < -0.39 is 18.7 Å². The molecule has 5 nitrogen and oxygen atoms in total. The van der Waals surface area contributed by atoms with Crippen LogP contribution in [0.15, 0.2) is 6.07 Å². The summed E-state index contributed by atoms with van der Waals surface area (Å²) < 4.78 is 39.5. The smallest absolute Gasteiger partial charge is 0.372 e. The summed E-state index contributed by atoms with van der Waals surface area (Å²) in [6, 6.07) is 1.66. The van der Waals surface area contributed by atoms with Crippen LogP contribution in [-0.2, 0) is 16.0 Å². The van der Waals surface area contributed by atoms with Gasteiger partial charge in [-0.25, -0.2) is 0 Å². The van der Waals surface area contributed by atoms with Crippen LogP contribution in [-0.4, -0.2) is 35.5 Å². The summed E-state index contributed by atoms with van der Waals surface area (Å²) in [5.41, 5.74) is 0.860. The number of H-pyrrole nitrogens is 1. The largest absolute Gasteiger partial charge is 0.411 e. The number of anilines is 1. The van der Waals surface area contributed by atoms with Crippen molar-refractivity contribution in [2.75, 3.05) is 18.5 Å². The van der Waals surface area contributed by atoms with Crippen molar-refractivity contribution in [1.29, 1.82) is 0 Å². The summed E-state index contributed by atoms with van der Waals surface area (Å²) in [6.45, 7) is 0.295. The molecule has 8 heteroatoms. The molecule has 1 aromatic heterocycles. The molecule has 0 fully saturated rings. The van der Waals surface area contributed by atoms with Crippen molar-refractivity contribution in [1.82, 2.24) is 10.2 Å². The van der Waals surface area contributed by atoms with Crippen molar-refractivity contribution in [3.8, 4) is 0 Å². The molecule has 1 heterocycles. The molecule has 0 unspecified atom stereocenters. The minimum Gasteiger partial charge on any atom is -0.372 e. The highest BCUT2D eigenvalue weighted by atomic mass is 19.4. The van der Waals surface area contributed by atoms with Gasteiger partial charge in [-0.15, -0.1) is 0 Å². The third-order valence-electron chi connectivity index (χ3n) is 2.02. The lowest BCUT2D eigenvalue weighted by molar-refractivity contribution is -0.174. The molecule has 1 rings (SSSR count). The van der Waals surface area contributed by atoms with Gasteiger partial charge in [-0.2, -0.15) is 18.3 Å². The van der Waals surface area contributed by atoms with Gasteiger partial charge in [0, 0.05) is 11.8 Å². The van der Waals surface area contributed by atoms with Gasteiger partial charge in [-0.05, 0) is 6.42 Å². The Morgan fingerprint density at radius 1 is 1.56 bits per heavy atom. The third kappa shape index (κ3) is 5.67. The van der Waals surface area contributed by atoms with Crippen LogP contribution < -0.4 is 5.32 Å². The van der Waals surface area contributed by atoms with Crippen molar-refractivity contribution in [2.45, 2.75) is 25.9 Å². The van der Waals surface area contributed by atoms with E-state index in [0.717, 1.165) is 12.1 Å². The SMILES string of the molecule is CCc1cc(NC(=O)CCOCC(F)(F)F)n[nH]1.